The molecular weight excluding hydrogens is 356 g/mol. The molecule has 1 aromatic heterocycles. The highest BCUT2D eigenvalue weighted by atomic mass is 16.5. The summed E-state index contributed by atoms with van der Waals surface area (Å²) in [7, 11) is 0. The molecule has 0 aliphatic carbocycles. The summed E-state index contributed by atoms with van der Waals surface area (Å²) in [5.74, 6) is 0.757. The molecular formula is C21H28N4O3. The van der Waals surface area contributed by atoms with Gasteiger partial charge in [0.1, 0.15) is 0 Å². The van der Waals surface area contributed by atoms with Gasteiger partial charge in [-0.05, 0) is 49.9 Å². The van der Waals surface area contributed by atoms with Gasteiger partial charge in [-0.25, -0.2) is 0 Å². The number of aromatic nitrogens is 2. The number of carbonyl (C=O) groups is 1. The molecule has 1 aromatic carbocycles. The van der Waals surface area contributed by atoms with E-state index in [2.05, 4.69) is 10.00 Å². The summed E-state index contributed by atoms with van der Waals surface area (Å²) in [5.41, 5.74) is 2.76. The molecule has 0 saturated carbocycles. The summed E-state index contributed by atoms with van der Waals surface area (Å²) in [6.07, 6.45) is 3.16. The fraction of sp³-hybridized carbons (Fsp3) is 0.524. The zero-order valence-corrected chi connectivity index (χ0v) is 16.4. The average Bonchev–Trinajstić information content (AvgIpc) is 3.31. The molecule has 4 rings (SSSR count). The van der Waals surface area contributed by atoms with Gasteiger partial charge < -0.3 is 14.7 Å². The van der Waals surface area contributed by atoms with Gasteiger partial charge in [-0.3, -0.25) is 14.4 Å². The van der Waals surface area contributed by atoms with E-state index in [4.69, 9.17) is 4.74 Å². The van der Waals surface area contributed by atoms with Crippen molar-refractivity contribution in [2.75, 3.05) is 26.2 Å². The summed E-state index contributed by atoms with van der Waals surface area (Å²) in [4.78, 5) is 16.9. The first-order chi connectivity index (χ1) is 13.6. The second-order valence-electron chi connectivity index (χ2n) is 7.54. The molecule has 0 bridgehead atoms. The standard InChI is InChI=1S/C21H28N4O3/c1-2-28-20-12-16(6-7-19(20)26)14-23-8-5-11-25-17(15-23)13-18(22-25)21(27)24-9-3-4-10-24/h6-7,12-13,26H,2-5,8-11,14-15H2,1H3. The van der Waals surface area contributed by atoms with Gasteiger partial charge in [-0.2, -0.15) is 5.10 Å². The number of rotatable bonds is 5. The van der Waals surface area contributed by atoms with E-state index >= 15 is 0 Å². The highest BCUT2D eigenvalue weighted by Crippen LogP contribution is 2.28. The van der Waals surface area contributed by atoms with Crippen LogP contribution in [0.2, 0.25) is 0 Å². The number of phenolic OH excluding ortho intramolecular Hbond substituents is 1. The van der Waals surface area contributed by atoms with E-state index in [1.807, 2.05) is 34.7 Å². The van der Waals surface area contributed by atoms with Gasteiger partial charge in [0.2, 0.25) is 0 Å². The Morgan fingerprint density at radius 3 is 2.75 bits per heavy atom. The first kappa shape index (κ1) is 18.8. The number of hydrogen-bond donors (Lipinski definition) is 1. The third-order valence-electron chi connectivity index (χ3n) is 5.44. The van der Waals surface area contributed by atoms with Crippen molar-refractivity contribution in [1.29, 1.82) is 0 Å². The number of carbonyl (C=O) groups excluding carboxylic acids is 1. The van der Waals surface area contributed by atoms with E-state index in [9.17, 15) is 9.90 Å². The zero-order valence-electron chi connectivity index (χ0n) is 16.4. The molecule has 150 valence electrons. The molecule has 7 heteroatoms. The Bertz CT molecular complexity index is 842. The van der Waals surface area contributed by atoms with Crippen molar-refractivity contribution in [1.82, 2.24) is 19.6 Å². The summed E-state index contributed by atoms with van der Waals surface area (Å²) in [6.45, 7) is 7.43. The van der Waals surface area contributed by atoms with Gasteiger partial charge in [0.05, 0.1) is 12.3 Å². The van der Waals surface area contributed by atoms with Crippen LogP contribution in [0.25, 0.3) is 0 Å². The number of amides is 1. The van der Waals surface area contributed by atoms with E-state index in [1.165, 1.54) is 0 Å². The van der Waals surface area contributed by atoms with Gasteiger partial charge in [0.25, 0.3) is 5.91 Å². The number of hydrogen-bond acceptors (Lipinski definition) is 5. The fourth-order valence-electron chi connectivity index (χ4n) is 4.04. The third-order valence-corrected chi connectivity index (χ3v) is 5.44. The molecule has 1 fully saturated rings. The molecule has 0 unspecified atom stereocenters. The van der Waals surface area contributed by atoms with E-state index in [0.717, 1.165) is 69.8 Å². The van der Waals surface area contributed by atoms with E-state index in [-0.39, 0.29) is 11.7 Å². The van der Waals surface area contributed by atoms with Crippen molar-refractivity contribution in [2.45, 2.75) is 45.8 Å². The Kier molecular flexibility index (Phi) is 5.52. The van der Waals surface area contributed by atoms with Crippen LogP contribution >= 0.6 is 0 Å². The number of aryl methyl sites for hydroxylation is 1. The number of nitrogens with zero attached hydrogens (tertiary/aromatic N) is 4. The second kappa shape index (κ2) is 8.22. The Balaban J connectivity index is 1.47. The van der Waals surface area contributed by atoms with E-state index in [1.54, 1.807) is 6.07 Å². The minimum absolute atomic E-state index is 0.0597. The summed E-state index contributed by atoms with van der Waals surface area (Å²) in [5, 5.41) is 14.5. The minimum Gasteiger partial charge on any atom is -0.504 e. The molecule has 0 atom stereocenters. The van der Waals surface area contributed by atoms with Gasteiger partial charge in [-0.15, -0.1) is 0 Å². The maximum atomic E-state index is 12.7. The number of benzene rings is 1. The zero-order chi connectivity index (χ0) is 19.5. The van der Waals surface area contributed by atoms with E-state index in [0.29, 0.717) is 18.1 Å². The van der Waals surface area contributed by atoms with Crippen LogP contribution in [0, 0.1) is 0 Å². The molecule has 1 amide bonds. The molecule has 0 radical (unpaired) electrons. The predicted octanol–water partition coefficient (Wildman–Crippen LogP) is 2.63. The first-order valence-corrected chi connectivity index (χ1v) is 10.2. The molecule has 28 heavy (non-hydrogen) atoms. The van der Waals surface area contributed by atoms with Crippen LogP contribution in [0.4, 0.5) is 0 Å². The largest absolute Gasteiger partial charge is 0.504 e. The lowest BCUT2D eigenvalue weighted by Crippen LogP contribution is -2.28. The second-order valence-corrected chi connectivity index (χ2v) is 7.54. The third kappa shape index (κ3) is 3.99. The predicted molar refractivity (Wildman–Crippen MR) is 105 cm³/mol. The highest BCUT2D eigenvalue weighted by Gasteiger charge is 2.24. The number of ether oxygens (including phenoxy) is 1. The molecule has 0 spiro atoms. The van der Waals surface area contributed by atoms with Crippen LogP contribution in [0.1, 0.15) is 47.9 Å². The van der Waals surface area contributed by atoms with Crippen molar-refractivity contribution in [3.05, 3.63) is 41.2 Å². The maximum Gasteiger partial charge on any atom is 0.274 e. The molecule has 1 saturated heterocycles. The summed E-state index contributed by atoms with van der Waals surface area (Å²) in [6, 6.07) is 7.49. The van der Waals surface area contributed by atoms with Gasteiger partial charge in [0, 0.05) is 39.3 Å². The van der Waals surface area contributed by atoms with Crippen molar-refractivity contribution in [2.24, 2.45) is 0 Å². The fourth-order valence-corrected chi connectivity index (χ4v) is 4.04. The van der Waals surface area contributed by atoms with Crippen molar-refractivity contribution < 1.29 is 14.6 Å². The Morgan fingerprint density at radius 2 is 1.96 bits per heavy atom. The average molecular weight is 384 g/mol. The van der Waals surface area contributed by atoms with Crippen LogP contribution in [0.15, 0.2) is 24.3 Å². The summed E-state index contributed by atoms with van der Waals surface area (Å²) >= 11 is 0. The number of phenols is 1. The van der Waals surface area contributed by atoms with Crippen LogP contribution in [0.5, 0.6) is 11.5 Å². The quantitative estimate of drug-likeness (QED) is 0.858. The molecule has 3 heterocycles. The Morgan fingerprint density at radius 1 is 1.14 bits per heavy atom. The number of aromatic hydroxyl groups is 1. The highest BCUT2D eigenvalue weighted by molar-refractivity contribution is 5.92. The first-order valence-electron chi connectivity index (χ1n) is 10.2. The molecule has 2 aromatic rings. The normalized spacial score (nSPS) is 17.4. The lowest BCUT2D eigenvalue weighted by Gasteiger charge is -2.20. The monoisotopic (exact) mass is 384 g/mol. The lowest BCUT2D eigenvalue weighted by atomic mass is 10.1. The van der Waals surface area contributed by atoms with Crippen LogP contribution in [-0.4, -0.2) is 56.8 Å². The van der Waals surface area contributed by atoms with Crippen LogP contribution < -0.4 is 4.74 Å². The molecule has 7 nitrogen and oxygen atoms in total. The SMILES string of the molecule is CCOc1cc(CN2CCCn3nc(C(=O)N4CCCC4)cc3C2)ccc1O. The minimum atomic E-state index is 0.0597. The maximum absolute atomic E-state index is 12.7. The van der Waals surface area contributed by atoms with Crippen LogP contribution in [-0.2, 0) is 19.6 Å². The number of likely N-dealkylation sites (tertiary alicyclic amines) is 1. The van der Waals surface area contributed by atoms with Crippen molar-refractivity contribution in [3.63, 3.8) is 0 Å². The van der Waals surface area contributed by atoms with Gasteiger partial charge in [-0.1, -0.05) is 6.07 Å². The smallest absolute Gasteiger partial charge is 0.274 e. The lowest BCUT2D eigenvalue weighted by molar-refractivity contribution is 0.0786. The Hall–Kier alpha value is -2.54. The topological polar surface area (TPSA) is 70.8 Å². The number of fused-ring (bicyclic) bond motifs is 1. The van der Waals surface area contributed by atoms with Crippen LogP contribution in [0.3, 0.4) is 0 Å². The van der Waals surface area contributed by atoms with Gasteiger partial charge >= 0.3 is 0 Å². The van der Waals surface area contributed by atoms with Crippen molar-refractivity contribution >= 4 is 5.91 Å². The van der Waals surface area contributed by atoms with Crippen molar-refractivity contribution in [3.8, 4) is 11.5 Å². The van der Waals surface area contributed by atoms with E-state index < -0.39 is 0 Å². The molecule has 2 aliphatic rings. The molecule has 1 N–H and O–H groups in total. The summed E-state index contributed by atoms with van der Waals surface area (Å²) < 4.78 is 7.49. The molecule has 2 aliphatic heterocycles. The van der Waals surface area contributed by atoms with Gasteiger partial charge in [0.15, 0.2) is 17.2 Å². The Labute approximate surface area is 165 Å².